The van der Waals surface area contributed by atoms with Gasteiger partial charge in [-0.2, -0.15) is 9.40 Å². The van der Waals surface area contributed by atoms with Crippen LogP contribution >= 0.6 is 0 Å². The Balaban J connectivity index is 1.79. The first-order valence-corrected chi connectivity index (χ1v) is 8.78. The Morgan fingerprint density at radius 1 is 1.40 bits per heavy atom. The van der Waals surface area contributed by atoms with E-state index in [1.165, 1.54) is 19.0 Å². The van der Waals surface area contributed by atoms with Gasteiger partial charge in [0.1, 0.15) is 4.90 Å². The number of hydrogen-bond acceptors (Lipinski definition) is 4. The van der Waals surface area contributed by atoms with Gasteiger partial charge in [0.2, 0.25) is 10.0 Å². The van der Waals surface area contributed by atoms with E-state index in [1.54, 1.807) is 11.2 Å². The van der Waals surface area contributed by atoms with Crippen molar-refractivity contribution in [2.45, 2.75) is 56.0 Å². The first-order chi connectivity index (χ1) is 9.59. The highest BCUT2D eigenvalue weighted by molar-refractivity contribution is 7.89. The summed E-state index contributed by atoms with van der Waals surface area (Å²) in [6.45, 7) is 3.13. The van der Waals surface area contributed by atoms with Crippen LogP contribution in [-0.2, 0) is 10.0 Å². The first kappa shape index (κ1) is 14.0. The molecule has 2 fully saturated rings. The van der Waals surface area contributed by atoms with Gasteiger partial charge in [0.05, 0.1) is 11.9 Å². The molecule has 1 saturated carbocycles. The van der Waals surface area contributed by atoms with Crippen molar-refractivity contribution < 1.29 is 8.42 Å². The largest absolute Gasteiger partial charge is 0.312 e. The normalized spacial score (nSPS) is 24.9. The predicted octanol–water partition coefficient (Wildman–Crippen LogP) is 1.01. The molecule has 1 atom stereocenters. The molecule has 0 bridgehead atoms. The highest BCUT2D eigenvalue weighted by Crippen LogP contribution is 2.27. The van der Waals surface area contributed by atoms with Crippen LogP contribution in [0.2, 0.25) is 0 Å². The molecule has 0 aromatic carbocycles. The van der Waals surface area contributed by atoms with Crippen LogP contribution in [-0.4, -0.2) is 48.1 Å². The lowest BCUT2D eigenvalue weighted by molar-refractivity contribution is 0.245. The van der Waals surface area contributed by atoms with Gasteiger partial charge in [0.25, 0.3) is 0 Å². The second kappa shape index (κ2) is 5.46. The SMILES string of the molecule is Cc1[nH]ncc1S(=O)(=O)N1CCCCC1CNC1CC1. The smallest absolute Gasteiger partial charge is 0.246 e. The Morgan fingerprint density at radius 2 is 2.20 bits per heavy atom. The van der Waals surface area contributed by atoms with Crippen LogP contribution in [0.25, 0.3) is 0 Å². The van der Waals surface area contributed by atoms with E-state index in [1.807, 2.05) is 0 Å². The summed E-state index contributed by atoms with van der Waals surface area (Å²) in [5.74, 6) is 0. The van der Waals surface area contributed by atoms with Crippen molar-refractivity contribution >= 4 is 10.0 Å². The van der Waals surface area contributed by atoms with Gasteiger partial charge in [-0.15, -0.1) is 0 Å². The van der Waals surface area contributed by atoms with Crippen molar-refractivity contribution in [3.8, 4) is 0 Å². The monoisotopic (exact) mass is 298 g/mol. The number of nitrogens with zero attached hydrogens (tertiary/aromatic N) is 2. The second-order valence-electron chi connectivity index (χ2n) is 5.81. The maximum atomic E-state index is 12.8. The molecule has 3 rings (SSSR count). The van der Waals surface area contributed by atoms with Gasteiger partial charge in [-0.3, -0.25) is 5.10 Å². The van der Waals surface area contributed by atoms with E-state index < -0.39 is 10.0 Å². The number of aromatic nitrogens is 2. The minimum atomic E-state index is -3.43. The van der Waals surface area contributed by atoms with Crippen LogP contribution in [0.15, 0.2) is 11.1 Å². The van der Waals surface area contributed by atoms with E-state index in [-0.39, 0.29) is 6.04 Å². The molecular formula is C13H22N4O2S. The Kier molecular flexibility index (Phi) is 3.83. The summed E-state index contributed by atoms with van der Waals surface area (Å²) in [4.78, 5) is 0.316. The molecule has 0 spiro atoms. The maximum absolute atomic E-state index is 12.8. The van der Waals surface area contributed by atoms with E-state index >= 15 is 0 Å². The molecule has 2 N–H and O–H groups in total. The van der Waals surface area contributed by atoms with E-state index in [2.05, 4.69) is 15.5 Å². The summed E-state index contributed by atoms with van der Waals surface area (Å²) < 4.78 is 27.2. The molecule has 1 unspecified atom stereocenters. The number of rotatable bonds is 5. The minimum Gasteiger partial charge on any atom is -0.312 e. The molecule has 0 radical (unpaired) electrons. The van der Waals surface area contributed by atoms with Gasteiger partial charge in [-0.05, 0) is 32.6 Å². The van der Waals surface area contributed by atoms with Gasteiger partial charge in [0, 0.05) is 25.2 Å². The lowest BCUT2D eigenvalue weighted by Crippen LogP contribution is -2.48. The number of nitrogens with one attached hydrogen (secondary N) is 2. The summed E-state index contributed by atoms with van der Waals surface area (Å²) in [6, 6.07) is 0.681. The Bertz CT molecular complexity index is 565. The third-order valence-electron chi connectivity index (χ3n) is 4.16. The number of H-pyrrole nitrogens is 1. The van der Waals surface area contributed by atoms with Gasteiger partial charge < -0.3 is 5.32 Å². The van der Waals surface area contributed by atoms with Crippen LogP contribution in [0.5, 0.6) is 0 Å². The summed E-state index contributed by atoms with van der Waals surface area (Å²) >= 11 is 0. The van der Waals surface area contributed by atoms with Gasteiger partial charge in [-0.1, -0.05) is 6.42 Å². The highest BCUT2D eigenvalue weighted by atomic mass is 32.2. The number of hydrogen-bond donors (Lipinski definition) is 2. The number of aromatic amines is 1. The number of piperidine rings is 1. The lowest BCUT2D eigenvalue weighted by Gasteiger charge is -2.34. The maximum Gasteiger partial charge on any atom is 0.246 e. The Morgan fingerprint density at radius 3 is 2.85 bits per heavy atom. The molecule has 1 aliphatic carbocycles. The van der Waals surface area contributed by atoms with Gasteiger partial charge >= 0.3 is 0 Å². The zero-order valence-electron chi connectivity index (χ0n) is 11.8. The lowest BCUT2D eigenvalue weighted by atomic mass is 10.1. The molecule has 1 aromatic rings. The fraction of sp³-hybridized carbons (Fsp3) is 0.769. The molecule has 2 heterocycles. The van der Waals surface area contributed by atoms with E-state index in [0.717, 1.165) is 25.8 Å². The Labute approximate surface area is 120 Å². The molecule has 0 amide bonds. The molecule has 2 aliphatic rings. The van der Waals surface area contributed by atoms with Crippen molar-refractivity contribution in [2.75, 3.05) is 13.1 Å². The summed E-state index contributed by atoms with van der Waals surface area (Å²) in [5.41, 5.74) is 0.615. The van der Waals surface area contributed by atoms with Crippen LogP contribution in [0.1, 0.15) is 37.8 Å². The summed E-state index contributed by atoms with van der Waals surface area (Å²) in [6.07, 6.45) is 6.85. The fourth-order valence-electron chi connectivity index (χ4n) is 2.81. The first-order valence-electron chi connectivity index (χ1n) is 7.34. The van der Waals surface area contributed by atoms with Gasteiger partial charge in [0.15, 0.2) is 0 Å². The average molecular weight is 298 g/mol. The van der Waals surface area contributed by atoms with E-state index in [9.17, 15) is 8.42 Å². The fourth-order valence-corrected chi connectivity index (χ4v) is 4.62. The van der Waals surface area contributed by atoms with Crippen molar-refractivity contribution in [3.05, 3.63) is 11.9 Å². The number of aryl methyl sites for hydroxylation is 1. The second-order valence-corrected chi connectivity index (χ2v) is 7.67. The predicted molar refractivity (Wildman–Crippen MR) is 75.9 cm³/mol. The molecule has 6 nitrogen and oxygen atoms in total. The average Bonchev–Trinajstić information content (AvgIpc) is 3.16. The summed E-state index contributed by atoms with van der Waals surface area (Å²) in [5, 5.41) is 10.0. The standard InChI is InChI=1S/C13H22N4O2S/c1-10-13(9-15-16-10)20(18,19)17-7-3-2-4-12(17)8-14-11-5-6-11/h9,11-12,14H,2-8H2,1H3,(H,15,16). The van der Waals surface area contributed by atoms with E-state index in [4.69, 9.17) is 0 Å². The van der Waals surface area contributed by atoms with Crippen molar-refractivity contribution in [3.63, 3.8) is 0 Å². The third-order valence-corrected chi connectivity index (χ3v) is 6.23. The molecule has 1 aliphatic heterocycles. The van der Waals surface area contributed by atoms with Crippen LogP contribution in [0.3, 0.4) is 0 Å². The molecular weight excluding hydrogens is 276 g/mol. The summed E-state index contributed by atoms with van der Waals surface area (Å²) in [7, 11) is -3.43. The van der Waals surface area contributed by atoms with Crippen molar-refractivity contribution in [2.24, 2.45) is 0 Å². The molecule has 1 saturated heterocycles. The third kappa shape index (κ3) is 2.75. The minimum absolute atomic E-state index is 0.0728. The van der Waals surface area contributed by atoms with Crippen molar-refractivity contribution in [1.82, 2.24) is 19.8 Å². The zero-order chi connectivity index (χ0) is 14.2. The molecule has 112 valence electrons. The van der Waals surface area contributed by atoms with Crippen LogP contribution in [0.4, 0.5) is 0 Å². The number of sulfonamides is 1. The Hall–Kier alpha value is -0.920. The van der Waals surface area contributed by atoms with Crippen LogP contribution in [0, 0.1) is 6.92 Å². The van der Waals surface area contributed by atoms with Crippen LogP contribution < -0.4 is 5.32 Å². The molecule has 20 heavy (non-hydrogen) atoms. The topological polar surface area (TPSA) is 78.1 Å². The quantitative estimate of drug-likeness (QED) is 0.850. The molecule has 7 heteroatoms. The van der Waals surface area contributed by atoms with Crippen molar-refractivity contribution in [1.29, 1.82) is 0 Å². The zero-order valence-corrected chi connectivity index (χ0v) is 12.6. The molecule has 1 aromatic heterocycles. The van der Waals surface area contributed by atoms with Gasteiger partial charge in [-0.25, -0.2) is 8.42 Å². The highest BCUT2D eigenvalue weighted by Gasteiger charge is 2.35. The van der Waals surface area contributed by atoms with E-state index in [0.29, 0.717) is 23.2 Å².